The molecule has 0 saturated carbocycles. The molecule has 2 aliphatic heterocycles. The molecule has 0 aliphatic carbocycles. The molecule has 0 radical (unpaired) electrons. The van der Waals surface area contributed by atoms with Gasteiger partial charge in [0.2, 0.25) is 11.8 Å². The van der Waals surface area contributed by atoms with Crippen LogP contribution in [0, 0.1) is 0 Å². The lowest BCUT2D eigenvalue weighted by Gasteiger charge is -2.26. The lowest BCUT2D eigenvalue weighted by atomic mass is 10.2. The maximum Gasteiger partial charge on any atom is 0.245 e. The van der Waals surface area contributed by atoms with E-state index in [1.54, 1.807) is 4.90 Å². The Morgan fingerprint density at radius 3 is 2.71 bits per heavy atom. The van der Waals surface area contributed by atoms with Gasteiger partial charge in [0, 0.05) is 32.1 Å². The van der Waals surface area contributed by atoms with Crippen LogP contribution in [0.5, 0.6) is 0 Å². The summed E-state index contributed by atoms with van der Waals surface area (Å²) < 4.78 is 0. The Morgan fingerprint density at radius 1 is 1.24 bits per heavy atom. The molecular weight excluding hydrogens is 266 g/mol. The van der Waals surface area contributed by atoms with Crippen molar-refractivity contribution < 1.29 is 9.59 Å². The van der Waals surface area contributed by atoms with Gasteiger partial charge in [-0.25, -0.2) is 0 Å². The van der Waals surface area contributed by atoms with Crippen LogP contribution in [0.3, 0.4) is 0 Å². The summed E-state index contributed by atoms with van der Waals surface area (Å²) in [6.07, 6.45) is 4.42. The predicted molar refractivity (Wildman–Crippen MR) is 82.9 cm³/mol. The molecule has 0 aromatic heterocycles. The highest BCUT2D eigenvalue weighted by molar-refractivity contribution is 5.90. The smallest absolute Gasteiger partial charge is 0.245 e. The van der Waals surface area contributed by atoms with Crippen LogP contribution in [0.4, 0.5) is 0 Å². The summed E-state index contributed by atoms with van der Waals surface area (Å²) in [4.78, 5) is 30.6. The summed E-state index contributed by atoms with van der Waals surface area (Å²) >= 11 is 0. The average Bonchev–Trinajstić information content (AvgIpc) is 2.90. The fraction of sp³-hybridized carbons (Fsp3) is 0.875. The van der Waals surface area contributed by atoms with Gasteiger partial charge in [-0.3, -0.25) is 9.59 Å². The molecule has 21 heavy (non-hydrogen) atoms. The molecule has 120 valence electrons. The number of hydrogen-bond acceptors (Lipinski definition) is 3. The van der Waals surface area contributed by atoms with Gasteiger partial charge < -0.3 is 14.7 Å². The SMILES string of the molecule is CC(C)N(C)CCCCN1CCC(=O)N2CCCC2C1=O. The molecule has 2 fully saturated rings. The first kappa shape index (κ1) is 16.3. The third kappa shape index (κ3) is 3.96. The quantitative estimate of drug-likeness (QED) is 0.694. The summed E-state index contributed by atoms with van der Waals surface area (Å²) in [7, 11) is 2.14. The van der Waals surface area contributed by atoms with E-state index in [9.17, 15) is 9.59 Å². The van der Waals surface area contributed by atoms with Crippen molar-refractivity contribution >= 4 is 11.8 Å². The molecule has 2 aliphatic rings. The van der Waals surface area contributed by atoms with Gasteiger partial charge in [0.25, 0.3) is 0 Å². The normalized spacial score (nSPS) is 23.2. The highest BCUT2D eigenvalue weighted by Crippen LogP contribution is 2.23. The molecule has 5 nitrogen and oxygen atoms in total. The van der Waals surface area contributed by atoms with Crippen LogP contribution >= 0.6 is 0 Å². The molecule has 0 aromatic carbocycles. The molecule has 2 amide bonds. The second-order valence-electron chi connectivity index (χ2n) is 6.60. The summed E-state index contributed by atoms with van der Waals surface area (Å²) in [5.74, 6) is 0.337. The van der Waals surface area contributed by atoms with E-state index in [0.717, 1.165) is 45.3 Å². The Labute approximate surface area is 128 Å². The van der Waals surface area contributed by atoms with Crippen molar-refractivity contribution in [1.82, 2.24) is 14.7 Å². The number of fused-ring (bicyclic) bond motifs is 1. The van der Waals surface area contributed by atoms with Gasteiger partial charge in [-0.15, -0.1) is 0 Å². The zero-order chi connectivity index (χ0) is 15.4. The first-order chi connectivity index (χ1) is 10.0. The highest BCUT2D eigenvalue weighted by atomic mass is 16.2. The molecule has 1 unspecified atom stereocenters. The monoisotopic (exact) mass is 295 g/mol. The maximum absolute atomic E-state index is 12.5. The minimum absolute atomic E-state index is 0.160. The first-order valence-electron chi connectivity index (χ1n) is 8.29. The van der Waals surface area contributed by atoms with Crippen molar-refractivity contribution in [2.45, 2.75) is 58.0 Å². The minimum atomic E-state index is -0.168. The van der Waals surface area contributed by atoms with E-state index in [1.807, 2.05) is 4.90 Å². The lowest BCUT2D eigenvalue weighted by Crippen LogP contribution is -2.44. The number of unbranched alkanes of at least 4 members (excludes halogenated alkanes) is 1. The molecule has 0 aromatic rings. The van der Waals surface area contributed by atoms with Crippen LogP contribution in [0.25, 0.3) is 0 Å². The van der Waals surface area contributed by atoms with Gasteiger partial charge in [-0.2, -0.15) is 0 Å². The standard InChI is InChI=1S/C16H29N3O2/c1-13(2)17(3)9-4-5-10-18-12-8-15(20)19-11-6-7-14(19)16(18)21/h13-14H,4-12H2,1-3H3. The highest BCUT2D eigenvalue weighted by Gasteiger charge is 2.38. The predicted octanol–water partition coefficient (Wildman–Crippen LogP) is 1.33. The Hall–Kier alpha value is -1.10. The summed E-state index contributed by atoms with van der Waals surface area (Å²) in [6, 6.07) is 0.396. The fourth-order valence-corrected chi connectivity index (χ4v) is 3.16. The second-order valence-corrected chi connectivity index (χ2v) is 6.60. The Balaban J connectivity index is 1.80. The molecule has 2 heterocycles. The topological polar surface area (TPSA) is 43.9 Å². The zero-order valence-electron chi connectivity index (χ0n) is 13.7. The van der Waals surface area contributed by atoms with E-state index in [0.29, 0.717) is 19.0 Å². The molecule has 2 rings (SSSR count). The van der Waals surface area contributed by atoms with E-state index in [4.69, 9.17) is 0 Å². The van der Waals surface area contributed by atoms with Gasteiger partial charge in [0.1, 0.15) is 6.04 Å². The van der Waals surface area contributed by atoms with E-state index in [-0.39, 0.29) is 17.9 Å². The fourth-order valence-electron chi connectivity index (χ4n) is 3.16. The van der Waals surface area contributed by atoms with Crippen LogP contribution in [-0.4, -0.2) is 71.8 Å². The van der Waals surface area contributed by atoms with Crippen LogP contribution in [0.15, 0.2) is 0 Å². The van der Waals surface area contributed by atoms with Crippen molar-refractivity contribution in [2.75, 3.05) is 33.2 Å². The summed E-state index contributed by atoms with van der Waals surface area (Å²) in [5, 5.41) is 0. The van der Waals surface area contributed by atoms with E-state index >= 15 is 0 Å². The van der Waals surface area contributed by atoms with Crippen LogP contribution < -0.4 is 0 Å². The Bertz CT molecular complexity index is 384. The van der Waals surface area contributed by atoms with Gasteiger partial charge in [-0.05, 0) is 53.1 Å². The number of amides is 2. The van der Waals surface area contributed by atoms with Crippen molar-refractivity contribution in [1.29, 1.82) is 0 Å². The largest absolute Gasteiger partial charge is 0.340 e. The van der Waals surface area contributed by atoms with Gasteiger partial charge in [-0.1, -0.05) is 0 Å². The Morgan fingerprint density at radius 2 is 2.00 bits per heavy atom. The molecule has 2 saturated heterocycles. The molecule has 0 spiro atoms. The van der Waals surface area contributed by atoms with Gasteiger partial charge in [0.15, 0.2) is 0 Å². The number of carbonyl (C=O) groups excluding carboxylic acids is 2. The molecule has 1 atom stereocenters. The van der Waals surface area contributed by atoms with E-state index in [2.05, 4.69) is 25.8 Å². The van der Waals surface area contributed by atoms with E-state index < -0.39 is 0 Å². The number of carbonyl (C=O) groups is 2. The molecule has 0 N–H and O–H groups in total. The molecule has 0 bridgehead atoms. The first-order valence-corrected chi connectivity index (χ1v) is 8.29. The van der Waals surface area contributed by atoms with Crippen molar-refractivity contribution in [3.8, 4) is 0 Å². The van der Waals surface area contributed by atoms with E-state index in [1.165, 1.54) is 0 Å². The maximum atomic E-state index is 12.5. The van der Waals surface area contributed by atoms with Crippen LogP contribution in [-0.2, 0) is 9.59 Å². The van der Waals surface area contributed by atoms with Crippen molar-refractivity contribution in [3.05, 3.63) is 0 Å². The van der Waals surface area contributed by atoms with Crippen LogP contribution in [0.1, 0.15) is 46.0 Å². The zero-order valence-corrected chi connectivity index (χ0v) is 13.7. The third-order valence-corrected chi connectivity index (χ3v) is 4.84. The number of hydrogen-bond donors (Lipinski definition) is 0. The second kappa shape index (κ2) is 7.25. The third-order valence-electron chi connectivity index (χ3n) is 4.84. The van der Waals surface area contributed by atoms with Gasteiger partial charge in [0.05, 0.1) is 0 Å². The minimum Gasteiger partial charge on any atom is -0.340 e. The lowest BCUT2D eigenvalue weighted by molar-refractivity contribution is -0.139. The Kier molecular flexibility index (Phi) is 5.62. The summed E-state index contributed by atoms with van der Waals surface area (Å²) in [6.45, 7) is 7.61. The molecular formula is C16H29N3O2. The van der Waals surface area contributed by atoms with Crippen molar-refractivity contribution in [2.24, 2.45) is 0 Å². The molecule has 5 heteroatoms. The van der Waals surface area contributed by atoms with Crippen LogP contribution in [0.2, 0.25) is 0 Å². The van der Waals surface area contributed by atoms with Crippen molar-refractivity contribution in [3.63, 3.8) is 0 Å². The summed E-state index contributed by atoms with van der Waals surface area (Å²) in [5.41, 5.74) is 0. The number of rotatable bonds is 6. The number of nitrogens with zero attached hydrogens (tertiary/aromatic N) is 3. The van der Waals surface area contributed by atoms with Gasteiger partial charge >= 0.3 is 0 Å². The average molecular weight is 295 g/mol.